The SMILES string of the molecule is CCC1c2ccsc2CCN1C(=O)C1CCN(S(=O)(=O)c2cc(F)ccc2F)CC1. The molecule has 1 unspecified atom stereocenters. The lowest BCUT2D eigenvalue weighted by Gasteiger charge is -2.39. The number of amides is 1. The minimum absolute atomic E-state index is 0.0627. The summed E-state index contributed by atoms with van der Waals surface area (Å²) in [6, 6.07) is 4.57. The molecular formula is C21H24F2N2O3S2. The van der Waals surface area contributed by atoms with Crippen molar-refractivity contribution in [3.63, 3.8) is 0 Å². The molecule has 0 radical (unpaired) electrons. The van der Waals surface area contributed by atoms with Crippen LogP contribution in [-0.4, -0.2) is 43.2 Å². The first-order valence-electron chi connectivity index (χ1n) is 10.1. The molecule has 1 atom stereocenters. The van der Waals surface area contributed by atoms with Gasteiger partial charge in [-0.2, -0.15) is 4.31 Å². The molecular weight excluding hydrogens is 430 g/mol. The minimum Gasteiger partial charge on any atom is -0.335 e. The van der Waals surface area contributed by atoms with E-state index in [1.165, 1.54) is 10.4 Å². The summed E-state index contributed by atoms with van der Waals surface area (Å²) in [5.74, 6) is -1.97. The van der Waals surface area contributed by atoms with E-state index in [4.69, 9.17) is 0 Å². The standard InChI is InChI=1S/C21H24F2N2O3S2/c1-2-18-16-8-12-29-19(16)7-11-25(18)21(26)14-5-9-24(10-6-14)30(27,28)20-13-15(22)3-4-17(20)23/h3-4,8,12-14,18H,2,5-7,9-11H2,1H3. The second kappa shape index (κ2) is 8.36. The number of sulfonamides is 1. The summed E-state index contributed by atoms with van der Waals surface area (Å²) in [5, 5.41) is 2.07. The number of fused-ring (bicyclic) bond motifs is 1. The van der Waals surface area contributed by atoms with Gasteiger partial charge in [0, 0.05) is 30.4 Å². The van der Waals surface area contributed by atoms with E-state index in [-0.39, 0.29) is 31.0 Å². The van der Waals surface area contributed by atoms with Crippen LogP contribution in [0.2, 0.25) is 0 Å². The fourth-order valence-electron chi connectivity index (χ4n) is 4.49. The Hall–Kier alpha value is -1.84. The van der Waals surface area contributed by atoms with E-state index in [1.807, 2.05) is 4.90 Å². The Kier molecular flexibility index (Phi) is 5.96. The van der Waals surface area contributed by atoms with E-state index in [1.54, 1.807) is 11.3 Å². The predicted octanol–water partition coefficient (Wildman–Crippen LogP) is 3.96. The molecule has 5 nitrogen and oxygen atoms in total. The number of thiophene rings is 1. The van der Waals surface area contributed by atoms with Gasteiger partial charge in [0.05, 0.1) is 6.04 Å². The molecule has 0 N–H and O–H groups in total. The number of benzene rings is 1. The van der Waals surface area contributed by atoms with E-state index >= 15 is 0 Å². The molecule has 2 aromatic rings. The average molecular weight is 455 g/mol. The van der Waals surface area contributed by atoms with Gasteiger partial charge in [-0.1, -0.05) is 6.92 Å². The van der Waals surface area contributed by atoms with Gasteiger partial charge < -0.3 is 4.90 Å². The van der Waals surface area contributed by atoms with Crippen molar-refractivity contribution in [2.75, 3.05) is 19.6 Å². The Bertz CT molecular complexity index is 1050. The Balaban J connectivity index is 1.46. The minimum atomic E-state index is -4.14. The lowest BCUT2D eigenvalue weighted by atomic mass is 9.92. The first kappa shape index (κ1) is 21.4. The first-order chi connectivity index (χ1) is 14.3. The number of hydrogen-bond donors (Lipinski definition) is 0. The van der Waals surface area contributed by atoms with Gasteiger partial charge in [-0.3, -0.25) is 4.79 Å². The van der Waals surface area contributed by atoms with Crippen LogP contribution in [0.5, 0.6) is 0 Å². The fourth-order valence-corrected chi connectivity index (χ4v) is 6.97. The predicted molar refractivity (Wildman–Crippen MR) is 111 cm³/mol. The van der Waals surface area contributed by atoms with E-state index < -0.39 is 26.6 Å². The van der Waals surface area contributed by atoms with Gasteiger partial charge >= 0.3 is 0 Å². The largest absolute Gasteiger partial charge is 0.335 e. The first-order valence-corrected chi connectivity index (χ1v) is 12.5. The fraction of sp³-hybridized carbons (Fsp3) is 0.476. The summed E-state index contributed by atoms with van der Waals surface area (Å²) in [6.07, 6.45) is 2.43. The van der Waals surface area contributed by atoms with Gasteiger partial charge in [-0.15, -0.1) is 11.3 Å². The zero-order valence-corrected chi connectivity index (χ0v) is 18.3. The highest BCUT2D eigenvalue weighted by molar-refractivity contribution is 7.89. The van der Waals surface area contributed by atoms with E-state index in [9.17, 15) is 22.0 Å². The molecule has 9 heteroatoms. The third kappa shape index (κ3) is 3.78. The highest BCUT2D eigenvalue weighted by Gasteiger charge is 2.38. The molecule has 0 spiro atoms. The lowest BCUT2D eigenvalue weighted by Crippen LogP contribution is -2.47. The van der Waals surface area contributed by atoms with Crippen LogP contribution in [-0.2, 0) is 21.2 Å². The van der Waals surface area contributed by atoms with E-state index in [2.05, 4.69) is 18.4 Å². The highest BCUT2D eigenvalue weighted by Crippen LogP contribution is 2.37. The van der Waals surface area contributed by atoms with Crippen molar-refractivity contribution in [2.45, 2.75) is 43.5 Å². The maximum Gasteiger partial charge on any atom is 0.246 e. The van der Waals surface area contributed by atoms with Gasteiger partial charge in [0.1, 0.15) is 16.5 Å². The zero-order valence-electron chi connectivity index (χ0n) is 16.7. The molecule has 1 aromatic heterocycles. The van der Waals surface area contributed by atoms with Gasteiger partial charge in [0.2, 0.25) is 15.9 Å². The molecule has 3 heterocycles. The van der Waals surface area contributed by atoms with Crippen LogP contribution in [0.3, 0.4) is 0 Å². The molecule has 1 fully saturated rings. The molecule has 1 amide bonds. The maximum absolute atomic E-state index is 14.0. The smallest absolute Gasteiger partial charge is 0.246 e. The number of nitrogens with zero attached hydrogens (tertiary/aromatic N) is 2. The molecule has 162 valence electrons. The Labute approximate surface area is 179 Å². The van der Waals surface area contributed by atoms with Crippen LogP contribution < -0.4 is 0 Å². The van der Waals surface area contributed by atoms with E-state index in [0.717, 1.165) is 29.3 Å². The number of hydrogen-bond acceptors (Lipinski definition) is 4. The molecule has 0 bridgehead atoms. The van der Waals surface area contributed by atoms with Gasteiger partial charge in [-0.25, -0.2) is 17.2 Å². The number of piperidine rings is 1. The number of halogens is 2. The number of carbonyl (C=O) groups is 1. The van der Waals surface area contributed by atoms with Crippen LogP contribution >= 0.6 is 11.3 Å². The van der Waals surface area contributed by atoms with Crippen LogP contribution in [0, 0.1) is 17.6 Å². The summed E-state index contributed by atoms with van der Waals surface area (Å²) >= 11 is 1.73. The second-order valence-corrected chi connectivity index (χ2v) is 10.7. The molecule has 1 saturated heterocycles. The number of carbonyl (C=O) groups excluding carboxylic acids is 1. The number of rotatable bonds is 4. The normalized spacial score (nSPS) is 20.9. The highest BCUT2D eigenvalue weighted by atomic mass is 32.2. The van der Waals surface area contributed by atoms with Crippen molar-refractivity contribution in [3.8, 4) is 0 Å². The van der Waals surface area contributed by atoms with Crippen molar-refractivity contribution in [1.29, 1.82) is 0 Å². The summed E-state index contributed by atoms with van der Waals surface area (Å²) in [7, 11) is -4.14. The second-order valence-electron chi connectivity index (χ2n) is 7.76. The zero-order chi connectivity index (χ0) is 21.5. The Morgan fingerprint density at radius 3 is 2.60 bits per heavy atom. The van der Waals surface area contributed by atoms with E-state index in [0.29, 0.717) is 25.5 Å². The van der Waals surface area contributed by atoms with Crippen LogP contribution in [0.4, 0.5) is 8.78 Å². The Morgan fingerprint density at radius 2 is 1.90 bits per heavy atom. The average Bonchev–Trinajstić information content (AvgIpc) is 3.23. The van der Waals surface area contributed by atoms with Crippen LogP contribution in [0.1, 0.15) is 42.7 Å². The Morgan fingerprint density at radius 1 is 1.17 bits per heavy atom. The van der Waals surface area contributed by atoms with Gasteiger partial charge in [0.15, 0.2) is 0 Å². The van der Waals surface area contributed by atoms with Crippen molar-refractivity contribution < 1.29 is 22.0 Å². The summed E-state index contributed by atoms with van der Waals surface area (Å²) in [5.41, 5.74) is 1.23. The molecule has 2 aliphatic rings. The molecule has 0 saturated carbocycles. The molecule has 0 aliphatic carbocycles. The van der Waals surface area contributed by atoms with Crippen LogP contribution in [0.15, 0.2) is 34.5 Å². The monoisotopic (exact) mass is 454 g/mol. The van der Waals surface area contributed by atoms with Crippen molar-refractivity contribution in [3.05, 3.63) is 51.7 Å². The topological polar surface area (TPSA) is 57.7 Å². The summed E-state index contributed by atoms with van der Waals surface area (Å²) in [4.78, 5) is 15.9. The quantitative estimate of drug-likeness (QED) is 0.703. The molecule has 2 aliphatic heterocycles. The molecule has 1 aromatic carbocycles. The van der Waals surface area contributed by atoms with Crippen molar-refractivity contribution >= 4 is 27.3 Å². The van der Waals surface area contributed by atoms with Crippen LogP contribution in [0.25, 0.3) is 0 Å². The third-order valence-corrected chi connectivity index (χ3v) is 8.99. The van der Waals surface area contributed by atoms with Crippen molar-refractivity contribution in [1.82, 2.24) is 9.21 Å². The van der Waals surface area contributed by atoms with Gasteiger partial charge in [0.25, 0.3) is 0 Å². The van der Waals surface area contributed by atoms with Crippen molar-refractivity contribution in [2.24, 2.45) is 5.92 Å². The van der Waals surface area contributed by atoms with Gasteiger partial charge in [-0.05, 0) is 60.9 Å². The molecule has 4 rings (SSSR count). The maximum atomic E-state index is 14.0. The third-order valence-electron chi connectivity index (χ3n) is 6.08. The molecule has 30 heavy (non-hydrogen) atoms. The summed E-state index contributed by atoms with van der Waals surface area (Å²) < 4.78 is 54.2. The lowest BCUT2D eigenvalue weighted by molar-refractivity contribution is -0.139. The summed E-state index contributed by atoms with van der Waals surface area (Å²) in [6.45, 7) is 2.98.